The van der Waals surface area contributed by atoms with Crippen LogP contribution in [0.4, 0.5) is 0 Å². The predicted octanol–water partition coefficient (Wildman–Crippen LogP) is 9.84. The van der Waals surface area contributed by atoms with Crippen LogP contribution in [0.2, 0.25) is 0 Å². The van der Waals surface area contributed by atoms with Crippen LogP contribution in [0.15, 0.2) is 127 Å². The lowest BCUT2D eigenvalue weighted by Crippen LogP contribution is -1.92. The minimum absolute atomic E-state index is 0.380. The molecule has 3 N–H and O–H groups in total. The lowest BCUT2D eigenvalue weighted by molar-refractivity contribution is -0.131. The van der Waals surface area contributed by atoms with Gasteiger partial charge in [-0.3, -0.25) is 0 Å². The number of hydrogen-bond donors (Lipinski definition) is 3. The number of aromatic amines is 2. The van der Waals surface area contributed by atoms with Crippen LogP contribution in [0.3, 0.4) is 0 Å². The highest BCUT2D eigenvalue weighted by atomic mass is 16.4. The van der Waals surface area contributed by atoms with E-state index in [-0.39, 0.29) is 0 Å². The molecule has 6 aromatic rings. The third-order valence-corrected chi connectivity index (χ3v) is 8.63. The Labute approximate surface area is 277 Å². The molecule has 3 aromatic carbocycles. The highest BCUT2D eigenvalue weighted by Gasteiger charge is 2.18. The first-order chi connectivity index (χ1) is 23.6. The number of carbonyl (C=O) groups is 1. The quantitative estimate of drug-likeness (QED) is 0.161. The Kier molecular flexibility index (Phi) is 7.43. The highest BCUT2D eigenvalue weighted by Crippen LogP contribution is 2.36. The lowest BCUT2D eigenvalue weighted by Gasteiger charge is -2.06. The van der Waals surface area contributed by atoms with Crippen molar-refractivity contribution in [2.45, 2.75) is 6.42 Å². The van der Waals surface area contributed by atoms with E-state index in [1.54, 1.807) is 6.08 Å². The Morgan fingerprint density at radius 1 is 0.521 bits per heavy atom. The third kappa shape index (κ3) is 5.46. The van der Waals surface area contributed by atoms with Crippen molar-refractivity contribution < 1.29 is 9.90 Å². The Balaban J connectivity index is 1.54. The molecule has 8 rings (SSSR count). The summed E-state index contributed by atoms with van der Waals surface area (Å²) in [5.41, 5.74) is 13.9. The minimum atomic E-state index is -0.987. The van der Waals surface area contributed by atoms with Gasteiger partial charge in [-0.1, -0.05) is 97.1 Å². The maximum absolute atomic E-state index is 11.4. The number of nitrogens with one attached hydrogen (secondary N) is 2. The Bertz CT molecular complexity index is 2400. The number of carboxylic acid groups (broad SMARTS) is 1. The maximum atomic E-state index is 11.4. The zero-order valence-corrected chi connectivity index (χ0v) is 25.9. The molecule has 0 amide bonds. The molecule has 6 nitrogen and oxygen atoms in total. The molecule has 0 radical (unpaired) electrons. The molecule has 5 heterocycles. The summed E-state index contributed by atoms with van der Waals surface area (Å²) in [4.78, 5) is 29.3. The Morgan fingerprint density at radius 2 is 0.896 bits per heavy atom. The number of hydrogen-bond acceptors (Lipinski definition) is 3. The molecule has 0 fully saturated rings. The van der Waals surface area contributed by atoms with E-state index in [4.69, 9.17) is 9.97 Å². The smallest absolute Gasteiger partial charge is 0.327 e. The van der Waals surface area contributed by atoms with Crippen LogP contribution in [0, 0.1) is 0 Å². The van der Waals surface area contributed by atoms with E-state index in [0.29, 0.717) is 6.42 Å². The zero-order valence-electron chi connectivity index (χ0n) is 25.9. The Morgan fingerprint density at radius 3 is 1.33 bits per heavy atom. The number of aromatic nitrogens is 4. The number of allylic oxidation sites excluding steroid dienone is 1. The number of nitrogens with zero attached hydrogens (tertiary/aromatic N) is 2. The van der Waals surface area contributed by atoms with Crippen molar-refractivity contribution in [1.82, 2.24) is 19.9 Å². The standard InChI is InChI=1S/C42H30N4O2/c47-39(48)18-10-17-30-31-19-21-33(43-31)40(27-11-4-1-5-12-27)35-23-25-37(45-35)42(29-15-8-3-9-16-29)38-26-24-36(46-38)41(28-13-6-2-7-14-28)34-22-20-32(30)44-34/h1-16,18-26,43,46H,17H2,(H,47,48)/b18-10+,31-30?,32-30?,40-33?,40-35?,41-34?,41-36?,42-37?,42-38?. The zero-order chi connectivity index (χ0) is 32.5. The van der Waals surface area contributed by atoms with Gasteiger partial charge in [0.1, 0.15) is 0 Å². The molecule has 0 spiro atoms. The van der Waals surface area contributed by atoms with Crippen LogP contribution in [-0.2, 0) is 11.2 Å². The van der Waals surface area contributed by atoms with Gasteiger partial charge >= 0.3 is 5.97 Å². The lowest BCUT2D eigenvalue weighted by atomic mass is 10.0. The molecule has 48 heavy (non-hydrogen) atoms. The van der Waals surface area contributed by atoms with Crippen LogP contribution in [0.1, 0.15) is 28.3 Å². The largest absolute Gasteiger partial charge is 0.478 e. The summed E-state index contributed by atoms with van der Waals surface area (Å²) < 4.78 is 0. The SMILES string of the molecule is O=C(O)/C=C/Cc1c2nc(c(-c3ccccc3)c3ccc([nH]3)c(-c3ccccc3)c3nc(c(-c4ccccc4)c4ccc1[nH]4)C=C3)C=C2. The summed E-state index contributed by atoms with van der Waals surface area (Å²) in [6, 6.07) is 39.2. The van der Waals surface area contributed by atoms with E-state index >= 15 is 0 Å². The van der Waals surface area contributed by atoms with Crippen LogP contribution in [-0.4, -0.2) is 31.0 Å². The first kappa shape index (κ1) is 28.9. The van der Waals surface area contributed by atoms with E-state index in [1.807, 2.05) is 72.8 Å². The van der Waals surface area contributed by atoms with Crippen LogP contribution >= 0.6 is 0 Å². The summed E-state index contributed by atoms with van der Waals surface area (Å²) in [5.74, 6) is -0.987. The summed E-state index contributed by atoms with van der Waals surface area (Å²) in [5, 5.41) is 9.36. The fourth-order valence-corrected chi connectivity index (χ4v) is 6.48. The molecule has 0 unspecified atom stereocenters. The summed E-state index contributed by atoms with van der Waals surface area (Å²) in [7, 11) is 0. The predicted molar refractivity (Wildman–Crippen MR) is 196 cm³/mol. The molecule has 0 saturated heterocycles. The molecule has 6 heteroatoms. The van der Waals surface area contributed by atoms with Gasteiger partial charge in [0, 0.05) is 50.4 Å². The second kappa shape index (κ2) is 12.3. The second-order valence-corrected chi connectivity index (χ2v) is 11.6. The molecular weight excluding hydrogens is 592 g/mol. The minimum Gasteiger partial charge on any atom is -0.478 e. The molecule has 230 valence electrons. The molecule has 0 saturated carbocycles. The molecular formula is C42H30N4O2. The van der Waals surface area contributed by atoms with E-state index in [2.05, 4.69) is 76.7 Å². The van der Waals surface area contributed by atoms with Gasteiger partial charge in [0.05, 0.1) is 22.8 Å². The molecule has 8 bridgehead atoms. The second-order valence-electron chi connectivity index (χ2n) is 11.6. The van der Waals surface area contributed by atoms with E-state index < -0.39 is 5.97 Å². The van der Waals surface area contributed by atoms with Gasteiger partial charge in [0.2, 0.25) is 0 Å². The average Bonchev–Trinajstić information content (AvgIpc) is 3.95. The molecule has 3 aromatic heterocycles. The van der Waals surface area contributed by atoms with Gasteiger partial charge in [-0.2, -0.15) is 0 Å². The van der Waals surface area contributed by atoms with Crippen molar-refractivity contribution in [2.24, 2.45) is 0 Å². The first-order valence-electron chi connectivity index (χ1n) is 15.8. The van der Waals surface area contributed by atoms with Crippen molar-refractivity contribution in [3.63, 3.8) is 0 Å². The van der Waals surface area contributed by atoms with Gasteiger partial charge in [-0.25, -0.2) is 14.8 Å². The van der Waals surface area contributed by atoms with E-state index in [9.17, 15) is 9.90 Å². The fourth-order valence-electron chi connectivity index (χ4n) is 6.48. The van der Waals surface area contributed by atoms with Crippen molar-refractivity contribution in [1.29, 1.82) is 0 Å². The normalized spacial score (nSPS) is 12.2. The number of carboxylic acids is 1. The summed E-state index contributed by atoms with van der Waals surface area (Å²) in [6.07, 6.45) is 11.4. The van der Waals surface area contributed by atoms with Crippen LogP contribution in [0.5, 0.6) is 0 Å². The average molecular weight is 623 g/mol. The molecule has 2 aliphatic rings. The van der Waals surface area contributed by atoms with E-state index in [0.717, 1.165) is 83.8 Å². The van der Waals surface area contributed by atoms with Gasteiger partial charge in [-0.05, 0) is 71.7 Å². The molecule has 0 atom stereocenters. The van der Waals surface area contributed by atoms with Crippen LogP contribution < -0.4 is 0 Å². The number of rotatable bonds is 6. The number of H-pyrrole nitrogens is 2. The first-order valence-corrected chi connectivity index (χ1v) is 15.8. The third-order valence-electron chi connectivity index (χ3n) is 8.63. The van der Waals surface area contributed by atoms with Crippen molar-refractivity contribution >= 4 is 52.3 Å². The fraction of sp³-hybridized carbons (Fsp3) is 0.0238. The van der Waals surface area contributed by atoms with Crippen LogP contribution in [0.25, 0.3) is 79.8 Å². The van der Waals surface area contributed by atoms with Crippen molar-refractivity contribution in [2.75, 3.05) is 0 Å². The topological polar surface area (TPSA) is 94.7 Å². The number of aliphatic carboxylic acids is 1. The van der Waals surface area contributed by atoms with Gasteiger partial charge < -0.3 is 15.1 Å². The summed E-state index contributed by atoms with van der Waals surface area (Å²) in [6.45, 7) is 0. The van der Waals surface area contributed by atoms with Crippen molar-refractivity contribution in [3.8, 4) is 33.4 Å². The monoisotopic (exact) mass is 622 g/mol. The maximum Gasteiger partial charge on any atom is 0.327 e. The number of benzene rings is 3. The molecule has 2 aliphatic heterocycles. The van der Waals surface area contributed by atoms with Crippen molar-refractivity contribution in [3.05, 3.63) is 156 Å². The number of fused-ring (bicyclic) bond motifs is 8. The highest BCUT2D eigenvalue weighted by molar-refractivity contribution is 5.97. The Hall–Kier alpha value is -6.53. The van der Waals surface area contributed by atoms with Gasteiger partial charge in [-0.15, -0.1) is 0 Å². The summed E-state index contributed by atoms with van der Waals surface area (Å²) >= 11 is 0. The van der Waals surface area contributed by atoms with Gasteiger partial charge in [0.25, 0.3) is 0 Å². The molecule has 0 aliphatic carbocycles. The van der Waals surface area contributed by atoms with E-state index in [1.165, 1.54) is 6.08 Å². The van der Waals surface area contributed by atoms with Gasteiger partial charge in [0.15, 0.2) is 0 Å².